The molecular formula is C25H29F3N4O4S. The van der Waals surface area contributed by atoms with E-state index >= 15 is 0 Å². The van der Waals surface area contributed by atoms with Gasteiger partial charge in [0.1, 0.15) is 23.8 Å². The SMILES string of the molecule is COC1(C2=Cc3c(N[C@H](C)c4cccc(C(F)F)c4F)ncnc3N(C)C2O)CC2CS(=O)(=O)CC2C1. The molecule has 200 valence electrons. The fourth-order valence-corrected chi connectivity index (χ4v) is 8.31. The number of halogens is 3. The molecule has 37 heavy (non-hydrogen) atoms. The van der Waals surface area contributed by atoms with Gasteiger partial charge in [0.2, 0.25) is 0 Å². The number of sulfone groups is 1. The molecule has 3 unspecified atom stereocenters. The van der Waals surface area contributed by atoms with Crippen LogP contribution in [0.3, 0.4) is 0 Å². The van der Waals surface area contributed by atoms with E-state index in [4.69, 9.17) is 4.74 Å². The minimum Gasteiger partial charge on any atom is -0.374 e. The van der Waals surface area contributed by atoms with Crippen molar-refractivity contribution in [1.82, 2.24) is 9.97 Å². The van der Waals surface area contributed by atoms with Crippen LogP contribution in [0.15, 0.2) is 30.1 Å². The highest BCUT2D eigenvalue weighted by atomic mass is 32.2. The molecule has 1 aromatic carbocycles. The summed E-state index contributed by atoms with van der Waals surface area (Å²) >= 11 is 0. The number of aliphatic hydroxyl groups excluding tert-OH is 1. The van der Waals surface area contributed by atoms with Gasteiger partial charge >= 0.3 is 0 Å². The van der Waals surface area contributed by atoms with Crippen molar-refractivity contribution in [2.45, 2.75) is 44.1 Å². The minimum absolute atomic E-state index is 0.0560. The Morgan fingerprint density at radius 3 is 2.46 bits per heavy atom. The second-order valence-electron chi connectivity index (χ2n) is 10.2. The molecule has 2 N–H and O–H groups in total. The van der Waals surface area contributed by atoms with Crippen molar-refractivity contribution in [2.24, 2.45) is 11.8 Å². The summed E-state index contributed by atoms with van der Waals surface area (Å²) in [6, 6.07) is 3.17. The molecule has 2 fully saturated rings. The summed E-state index contributed by atoms with van der Waals surface area (Å²) in [6.07, 6.45) is -0.0386. The van der Waals surface area contributed by atoms with Gasteiger partial charge in [-0.3, -0.25) is 0 Å². The number of ether oxygens (including phenoxy) is 1. The number of alkyl halides is 2. The number of methoxy groups -OCH3 is 1. The molecule has 2 aliphatic heterocycles. The highest BCUT2D eigenvalue weighted by Gasteiger charge is 2.55. The van der Waals surface area contributed by atoms with E-state index in [9.17, 15) is 26.7 Å². The molecule has 0 amide bonds. The van der Waals surface area contributed by atoms with Crippen molar-refractivity contribution in [1.29, 1.82) is 0 Å². The van der Waals surface area contributed by atoms with Crippen LogP contribution in [-0.2, 0) is 14.6 Å². The van der Waals surface area contributed by atoms with Gasteiger partial charge in [0.05, 0.1) is 34.3 Å². The number of likely N-dealkylation sites (N-methyl/N-ethyl adjacent to an activating group) is 1. The summed E-state index contributed by atoms with van der Waals surface area (Å²) < 4.78 is 71.5. The number of aromatic nitrogens is 2. The van der Waals surface area contributed by atoms with Crippen LogP contribution in [0.1, 0.15) is 48.9 Å². The molecule has 1 aromatic heterocycles. The number of hydrogen-bond acceptors (Lipinski definition) is 8. The highest BCUT2D eigenvalue weighted by molar-refractivity contribution is 7.91. The van der Waals surface area contributed by atoms with Gasteiger partial charge in [-0.05, 0) is 37.7 Å². The fraction of sp³-hybridized carbons (Fsp3) is 0.520. The number of hydrogen-bond donors (Lipinski definition) is 2. The zero-order valence-corrected chi connectivity index (χ0v) is 21.5. The quantitative estimate of drug-likeness (QED) is 0.574. The first-order valence-corrected chi connectivity index (χ1v) is 13.8. The van der Waals surface area contributed by atoms with Gasteiger partial charge in [-0.25, -0.2) is 31.6 Å². The van der Waals surface area contributed by atoms with E-state index in [-0.39, 0.29) is 28.9 Å². The van der Waals surface area contributed by atoms with Gasteiger partial charge in [0.25, 0.3) is 6.43 Å². The Bertz CT molecular complexity index is 1330. The van der Waals surface area contributed by atoms with Crippen LogP contribution >= 0.6 is 0 Å². The van der Waals surface area contributed by atoms with Crippen molar-refractivity contribution in [3.8, 4) is 0 Å². The highest BCUT2D eigenvalue weighted by Crippen LogP contribution is 2.52. The van der Waals surface area contributed by atoms with Crippen LogP contribution in [0, 0.1) is 17.7 Å². The zero-order valence-electron chi connectivity index (χ0n) is 20.7. The van der Waals surface area contributed by atoms with E-state index in [0.29, 0.717) is 35.6 Å². The van der Waals surface area contributed by atoms with Crippen LogP contribution in [-0.4, -0.2) is 61.0 Å². The lowest BCUT2D eigenvalue weighted by atomic mass is 9.85. The summed E-state index contributed by atoms with van der Waals surface area (Å²) in [5.74, 6) is -0.115. The smallest absolute Gasteiger partial charge is 0.266 e. The average molecular weight is 539 g/mol. The van der Waals surface area contributed by atoms with Crippen LogP contribution in [0.2, 0.25) is 0 Å². The summed E-state index contributed by atoms with van der Waals surface area (Å²) in [4.78, 5) is 10.2. The third-order valence-corrected chi connectivity index (χ3v) is 9.83. The van der Waals surface area contributed by atoms with E-state index in [1.807, 2.05) is 0 Å². The van der Waals surface area contributed by atoms with Crippen molar-refractivity contribution in [2.75, 3.05) is 35.9 Å². The summed E-state index contributed by atoms with van der Waals surface area (Å²) in [7, 11) is 0.147. The second-order valence-corrected chi connectivity index (χ2v) is 12.3. The molecule has 12 heteroatoms. The van der Waals surface area contributed by atoms with Gasteiger partial charge in [-0.2, -0.15) is 0 Å². The standard InChI is InChI=1S/C25H29F3N4O4S/c1-13(16-5-4-6-17(20(16)26)21(27)28)31-22-18-7-19(24(33)32(2)23(18)30-12-29-22)25(36-3)8-14-10-37(34,35)11-15(14)9-25/h4-7,12-15,21,24,33H,8-11H2,1-3H3,(H,29,30,31)/t13-,14?,15?,24?,25?/m1/s1. The second kappa shape index (κ2) is 9.25. The van der Waals surface area contributed by atoms with Crippen molar-refractivity contribution in [3.63, 3.8) is 0 Å². The van der Waals surface area contributed by atoms with E-state index in [0.717, 1.165) is 6.07 Å². The van der Waals surface area contributed by atoms with Crippen molar-refractivity contribution >= 4 is 27.5 Å². The summed E-state index contributed by atoms with van der Waals surface area (Å²) in [5.41, 5.74) is -0.377. The first-order chi connectivity index (χ1) is 17.5. The van der Waals surface area contributed by atoms with Gasteiger partial charge in [0, 0.05) is 25.3 Å². The van der Waals surface area contributed by atoms with Gasteiger partial charge in [-0.15, -0.1) is 0 Å². The largest absolute Gasteiger partial charge is 0.374 e. The third kappa shape index (κ3) is 4.38. The molecule has 1 aliphatic carbocycles. The molecule has 3 aliphatic rings. The summed E-state index contributed by atoms with van der Waals surface area (Å²) in [6.45, 7) is 1.64. The van der Waals surface area contributed by atoms with E-state index in [1.54, 1.807) is 32.1 Å². The number of nitrogens with one attached hydrogen (secondary N) is 1. The number of benzene rings is 1. The molecule has 2 aromatic rings. The van der Waals surface area contributed by atoms with Crippen molar-refractivity contribution in [3.05, 3.63) is 52.6 Å². The van der Waals surface area contributed by atoms with Gasteiger partial charge in [-0.1, -0.05) is 18.2 Å². The van der Waals surface area contributed by atoms with Crippen LogP contribution < -0.4 is 10.2 Å². The first-order valence-electron chi connectivity index (χ1n) is 12.0. The Morgan fingerprint density at radius 2 is 1.84 bits per heavy atom. The van der Waals surface area contributed by atoms with Gasteiger partial charge in [0.15, 0.2) is 16.1 Å². The Labute approximate surface area is 213 Å². The Kier molecular flexibility index (Phi) is 6.48. The maximum atomic E-state index is 14.8. The lowest BCUT2D eigenvalue weighted by Crippen LogP contribution is -2.46. The molecule has 0 radical (unpaired) electrons. The molecule has 0 spiro atoms. The topological polar surface area (TPSA) is 105 Å². The minimum atomic E-state index is -3.08. The number of fused-ring (bicyclic) bond motifs is 2. The number of nitrogens with zero attached hydrogens (tertiary/aromatic N) is 3. The molecule has 8 nitrogen and oxygen atoms in total. The Morgan fingerprint density at radius 1 is 1.19 bits per heavy atom. The first kappa shape index (κ1) is 25.9. The monoisotopic (exact) mass is 538 g/mol. The van der Waals surface area contributed by atoms with Crippen LogP contribution in [0.5, 0.6) is 0 Å². The number of rotatable bonds is 6. The Hall–Kier alpha value is -2.70. The molecule has 3 heterocycles. The fourth-order valence-electron chi connectivity index (χ4n) is 6.09. The average Bonchev–Trinajstić information content (AvgIpc) is 3.32. The maximum absolute atomic E-state index is 14.8. The predicted octanol–water partition coefficient (Wildman–Crippen LogP) is 3.72. The van der Waals surface area contributed by atoms with E-state index < -0.39 is 45.5 Å². The molecule has 5 rings (SSSR count). The van der Waals surface area contributed by atoms with Crippen LogP contribution in [0.4, 0.5) is 24.8 Å². The Balaban J connectivity index is 1.51. The molecular weight excluding hydrogens is 509 g/mol. The summed E-state index contributed by atoms with van der Waals surface area (Å²) in [5, 5.41) is 14.3. The normalized spacial score (nSPS) is 29.1. The maximum Gasteiger partial charge on any atom is 0.266 e. The lowest BCUT2D eigenvalue weighted by molar-refractivity contribution is 0.00429. The number of aliphatic hydroxyl groups is 1. The lowest BCUT2D eigenvalue weighted by Gasteiger charge is -2.41. The molecule has 1 saturated heterocycles. The van der Waals surface area contributed by atoms with Crippen LogP contribution in [0.25, 0.3) is 6.08 Å². The van der Waals surface area contributed by atoms with Gasteiger partial charge < -0.3 is 20.1 Å². The molecule has 0 bridgehead atoms. The third-order valence-electron chi connectivity index (χ3n) is 7.96. The number of anilines is 2. The van der Waals surface area contributed by atoms with Crippen molar-refractivity contribution < 1.29 is 31.4 Å². The van der Waals surface area contributed by atoms with E-state index in [2.05, 4.69) is 15.3 Å². The zero-order chi connectivity index (χ0) is 26.7. The predicted molar refractivity (Wildman–Crippen MR) is 132 cm³/mol. The molecule has 4 atom stereocenters. The van der Waals surface area contributed by atoms with E-state index in [1.165, 1.54) is 18.5 Å². The molecule has 1 saturated carbocycles.